The molecule has 5 heteroatoms. The summed E-state index contributed by atoms with van der Waals surface area (Å²) in [6, 6.07) is 5.52. The van der Waals surface area contributed by atoms with Gasteiger partial charge >= 0.3 is 5.97 Å². The van der Waals surface area contributed by atoms with E-state index in [1.165, 1.54) is 0 Å². The summed E-state index contributed by atoms with van der Waals surface area (Å²) in [5, 5.41) is 10.2. The van der Waals surface area contributed by atoms with Crippen LogP contribution in [0.5, 0.6) is 5.75 Å². The zero-order valence-electron chi connectivity index (χ0n) is 11.4. The zero-order valence-corrected chi connectivity index (χ0v) is 11.4. The van der Waals surface area contributed by atoms with E-state index in [-0.39, 0.29) is 5.69 Å². The Morgan fingerprint density at radius 3 is 2.58 bits per heavy atom. The van der Waals surface area contributed by atoms with Gasteiger partial charge < -0.3 is 19.7 Å². The Bertz CT molecular complexity index is 600. The number of ether oxygens (including phenoxy) is 1. The standard InChI is InChI=1S/C14H18N2O3/c1-4-16(5-2)13-10-8-9(19-3)6-7-11(10)15-12(13)14(17)18/h6-8,15H,4-5H2,1-3H3,(H,17,18). The molecule has 0 aliphatic rings. The van der Waals surface area contributed by atoms with Crippen LogP contribution in [0.3, 0.4) is 0 Å². The van der Waals surface area contributed by atoms with E-state index >= 15 is 0 Å². The second-order valence-corrected chi connectivity index (χ2v) is 4.24. The summed E-state index contributed by atoms with van der Waals surface area (Å²) in [5.74, 6) is -0.228. The molecule has 0 radical (unpaired) electrons. The van der Waals surface area contributed by atoms with Crippen LogP contribution in [0.1, 0.15) is 24.3 Å². The van der Waals surface area contributed by atoms with Crippen molar-refractivity contribution in [1.29, 1.82) is 0 Å². The van der Waals surface area contributed by atoms with E-state index in [1.807, 2.05) is 36.9 Å². The third kappa shape index (κ3) is 2.23. The number of hydrogen-bond acceptors (Lipinski definition) is 3. The van der Waals surface area contributed by atoms with Gasteiger partial charge in [-0.25, -0.2) is 4.79 Å². The van der Waals surface area contributed by atoms with Crippen molar-refractivity contribution >= 4 is 22.6 Å². The van der Waals surface area contributed by atoms with Gasteiger partial charge in [-0.2, -0.15) is 0 Å². The molecule has 1 aromatic heterocycles. The van der Waals surface area contributed by atoms with Gasteiger partial charge in [-0.05, 0) is 32.0 Å². The van der Waals surface area contributed by atoms with Crippen LogP contribution in [-0.4, -0.2) is 36.3 Å². The number of carbonyl (C=O) groups is 1. The smallest absolute Gasteiger partial charge is 0.354 e. The first-order chi connectivity index (χ1) is 9.12. The Kier molecular flexibility index (Phi) is 3.64. The van der Waals surface area contributed by atoms with Crippen molar-refractivity contribution in [1.82, 2.24) is 4.98 Å². The van der Waals surface area contributed by atoms with Crippen LogP contribution >= 0.6 is 0 Å². The van der Waals surface area contributed by atoms with E-state index in [1.54, 1.807) is 7.11 Å². The maximum atomic E-state index is 11.4. The fraction of sp³-hybridized carbons (Fsp3) is 0.357. The Balaban J connectivity index is 2.73. The van der Waals surface area contributed by atoms with Gasteiger partial charge in [-0.3, -0.25) is 0 Å². The van der Waals surface area contributed by atoms with Gasteiger partial charge in [0.1, 0.15) is 11.4 Å². The van der Waals surface area contributed by atoms with Crippen LogP contribution in [0.2, 0.25) is 0 Å². The van der Waals surface area contributed by atoms with Crippen LogP contribution in [0.15, 0.2) is 18.2 Å². The van der Waals surface area contributed by atoms with Crippen LogP contribution in [-0.2, 0) is 0 Å². The van der Waals surface area contributed by atoms with E-state index in [9.17, 15) is 9.90 Å². The van der Waals surface area contributed by atoms with Gasteiger partial charge in [0.25, 0.3) is 0 Å². The molecule has 1 heterocycles. The lowest BCUT2D eigenvalue weighted by Crippen LogP contribution is -2.23. The number of benzene rings is 1. The topological polar surface area (TPSA) is 65.6 Å². The molecular weight excluding hydrogens is 244 g/mol. The van der Waals surface area contributed by atoms with E-state index in [0.717, 1.165) is 35.4 Å². The summed E-state index contributed by atoms with van der Waals surface area (Å²) in [6.07, 6.45) is 0. The minimum Gasteiger partial charge on any atom is -0.497 e. The van der Waals surface area contributed by atoms with Gasteiger partial charge in [-0.15, -0.1) is 0 Å². The summed E-state index contributed by atoms with van der Waals surface area (Å²) in [4.78, 5) is 16.4. The highest BCUT2D eigenvalue weighted by Gasteiger charge is 2.21. The molecule has 0 unspecified atom stereocenters. The summed E-state index contributed by atoms with van der Waals surface area (Å²) in [5.41, 5.74) is 1.76. The lowest BCUT2D eigenvalue weighted by molar-refractivity contribution is 0.0692. The molecule has 2 aromatic rings. The molecule has 0 spiro atoms. The van der Waals surface area contributed by atoms with E-state index < -0.39 is 5.97 Å². The number of anilines is 1. The second kappa shape index (κ2) is 5.22. The van der Waals surface area contributed by atoms with Crippen LogP contribution in [0, 0.1) is 0 Å². The highest BCUT2D eigenvalue weighted by Crippen LogP contribution is 2.33. The van der Waals surface area contributed by atoms with Crippen molar-refractivity contribution in [3.8, 4) is 5.75 Å². The molecule has 0 atom stereocenters. The molecule has 2 rings (SSSR count). The van der Waals surface area contributed by atoms with Gasteiger partial charge in [0, 0.05) is 24.0 Å². The molecule has 0 saturated heterocycles. The second-order valence-electron chi connectivity index (χ2n) is 4.24. The minimum atomic E-state index is -0.947. The normalized spacial score (nSPS) is 10.7. The summed E-state index contributed by atoms with van der Waals surface area (Å²) in [7, 11) is 1.60. The quantitative estimate of drug-likeness (QED) is 0.869. The Morgan fingerprint density at radius 1 is 1.37 bits per heavy atom. The number of H-pyrrole nitrogens is 1. The van der Waals surface area contributed by atoms with Gasteiger partial charge in [0.2, 0.25) is 0 Å². The van der Waals surface area contributed by atoms with Gasteiger partial charge in [0.05, 0.1) is 12.8 Å². The number of hydrogen-bond donors (Lipinski definition) is 2. The third-order valence-corrected chi connectivity index (χ3v) is 3.27. The average molecular weight is 262 g/mol. The molecule has 0 saturated carbocycles. The number of carboxylic acid groups (broad SMARTS) is 1. The van der Waals surface area contributed by atoms with Crippen LogP contribution in [0.25, 0.3) is 10.9 Å². The number of methoxy groups -OCH3 is 1. The van der Waals surface area contributed by atoms with E-state index in [4.69, 9.17) is 4.74 Å². The number of aromatic carboxylic acids is 1. The molecule has 5 nitrogen and oxygen atoms in total. The van der Waals surface area contributed by atoms with Crippen molar-refractivity contribution in [3.05, 3.63) is 23.9 Å². The Hall–Kier alpha value is -2.17. The molecule has 19 heavy (non-hydrogen) atoms. The predicted molar refractivity (Wildman–Crippen MR) is 75.4 cm³/mol. The number of nitrogens with zero attached hydrogens (tertiary/aromatic N) is 1. The Morgan fingerprint density at radius 2 is 2.05 bits per heavy atom. The number of carboxylic acids is 1. The maximum Gasteiger partial charge on any atom is 0.354 e. The lowest BCUT2D eigenvalue weighted by atomic mass is 10.2. The van der Waals surface area contributed by atoms with Crippen molar-refractivity contribution in [2.45, 2.75) is 13.8 Å². The predicted octanol–water partition coefficient (Wildman–Crippen LogP) is 2.72. The highest BCUT2D eigenvalue weighted by atomic mass is 16.5. The van der Waals surface area contributed by atoms with Crippen molar-refractivity contribution in [3.63, 3.8) is 0 Å². The molecule has 0 aliphatic carbocycles. The van der Waals surface area contributed by atoms with Crippen LogP contribution in [0.4, 0.5) is 5.69 Å². The number of aromatic amines is 1. The molecule has 0 aliphatic heterocycles. The maximum absolute atomic E-state index is 11.4. The number of nitrogens with one attached hydrogen (secondary N) is 1. The SMILES string of the molecule is CCN(CC)c1c(C(=O)O)[nH]c2ccc(OC)cc12. The van der Waals surface area contributed by atoms with Crippen molar-refractivity contribution in [2.75, 3.05) is 25.1 Å². The molecule has 0 bridgehead atoms. The number of aromatic nitrogens is 1. The van der Waals surface area contributed by atoms with Crippen LogP contribution < -0.4 is 9.64 Å². The number of fused-ring (bicyclic) bond motifs is 1. The zero-order chi connectivity index (χ0) is 14.0. The highest BCUT2D eigenvalue weighted by molar-refractivity contribution is 6.06. The lowest BCUT2D eigenvalue weighted by Gasteiger charge is -2.21. The van der Waals surface area contributed by atoms with Crippen molar-refractivity contribution in [2.24, 2.45) is 0 Å². The molecule has 1 aromatic carbocycles. The molecule has 0 amide bonds. The molecule has 0 fully saturated rings. The molecule has 2 N–H and O–H groups in total. The third-order valence-electron chi connectivity index (χ3n) is 3.27. The van der Waals surface area contributed by atoms with E-state index in [2.05, 4.69) is 4.98 Å². The largest absolute Gasteiger partial charge is 0.497 e. The molecular formula is C14H18N2O3. The van der Waals surface area contributed by atoms with Gasteiger partial charge in [-0.1, -0.05) is 0 Å². The first kappa shape index (κ1) is 13.3. The first-order valence-electron chi connectivity index (χ1n) is 6.30. The monoisotopic (exact) mass is 262 g/mol. The molecule has 102 valence electrons. The fourth-order valence-corrected chi connectivity index (χ4v) is 2.31. The van der Waals surface area contributed by atoms with Crippen molar-refractivity contribution < 1.29 is 14.6 Å². The van der Waals surface area contributed by atoms with E-state index in [0.29, 0.717) is 0 Å². The summed E-state index contributed by atoms with van der Waals surface area (Å²) >= 11 is 0. The van der Waals surface area contributed by atoms with Gasteiger partial charge in [0.15, 0.2) is 0 Å². The first-order valence-corrected chi connectivity index (χ1v) is 6.30. The average Bonchev–Trinajstić information content (AvgIpc) is 2.79. The summed E-state index contributed by atoms with van der Waals surface area (Å²) < 4.78 is 5.21. The fourth-order valence-electron chi connectivity index (χ4n) is 2.31. The minimum absolute atomic E-state index is 0.229. The number of rotatable bonds is 5. The summed E-state index contributed by atoms with van der Waals surface area (Å²) in [6.45, 7) is 5.52. The Labute approximate surface area is 111 Å².